The topological polar surface area (TPSA) is 20.2 Å². The summed E-state index contributed by atoms with van der Waals surface area (Å²) in [4.78, 5) is 0. The predicted molar refractivity (Wildman–Crippen MR) is 86.7 cm³/mol. The van der Waals surface area contributed by atoms with Crippen molar-refractivity contribution in [3.8, 4) is 16.9 Å². The summed E-state index contributed by atoms with van der Waals surface area (Å²) in [5.74, 6) is 0.236. The first-order chi connectivity index (χ1) is 9.82. The van der Waals surface area contributed by atoms with E-state index >= 15 is 0 Å². The molecule has 0 saturated carbocycles. The van der Waals surface area contributed by atoms with Gasteiger partial charge in [0, 0.05) is 5.56 Å². The number of hydrogen-bond donors (Lipinski definition) is 1. The largest absolute Gasteiger partial charge is 0.507 e. The second kappa shape index (κ2) is 6.07. The van der Waals surface area contributed by atoms with Gasteiger partial charge in [0.2, 0.25) is 0 Å². The number of phenols is 1. The molecule has 0 atom stereocenters. The molecule has 3 heteroatoms. The molecule has 112 valence electrons. The second-order valence-corrected chi connectivity index (χ2v) is 6.31. The Bertz CT molecular complexity index is 663. The molecule has 1 nitrogen and oxygen atoms in total. The fourth-order valence-electron chi connectivity index (χ4n) is 2.59. The molecule has 2 aromatic carbocycles. The van der Waals surface area contributed by atoms with Gasteiger partial charge in [-0.05, 0) is 40.7 Å². The van der Waals surface area contributed by atoms with Crippen molar-refractivity contribution in [2.75, 3.05) is 0 Å². The van der Waals surface area contributed by atoms with E-state index in [-0.39, 0.29) is 16.9 Å². The molecule has 0 unspecified atom stereocenters. The lowest BCUT2D eigenvalue weighted by Crippen LogP contribution is -1.99. The van der Waals surface area contributed by atoms with Crippen LogP contribution in [0.1, 0.15) is 50.7 Å². The van der Waals surface area contributed by atoms with Crippen molar-refractivity contribution < 1.29 is 9.50 Å². The SMILES string of the molecule is CC(C)c1ccc(-c2ccc(Cl)c(F)c2)c(C(C)C)c1O. The zero-order chi connectivity index (χ0) is 15.7. The van der Waals surface area contributed by atoms with Crippen LogP contribution < -0.4 is 0 Å². The highest BCUT2D eigenvalue weighted by Gasteiger charge is 2.18. The predicted octanol–water partition coefficient (Wildman–Crippen LogP) is 6.10. The van der Waals surface area contributed by atoms with Gasteiger partial charge in [-0.25, -0.2) is 4.39 Å². The minimum atomic E-state index is -0.448. The highest BCUT2D eigenvalue weighted by Crippen LogP contribution is 2.40. The molecule has 0 amide bonds. The molecule has 0 radical (unpaired) electrons. The van der Waals surface area contributed by atoms with Crippen LogP contribution in [0.3, 0.4) is 0 Å². The van der Waals surface area contributed by atoms with Crippen LogP contribution in [0.25, 0.3) is 11.1 Å². The van der Waals surface area contributed by atoms with E-state index in [1.54, 1.807) is 12.1 Å². The Balaban J connectivity index is 2.68. The van der Waals surface area contributed by atoms with Crippen LogP contribution in [0.5, 0.6) is 5.75 Å². The maximum Gasteiger partial charge on any atom is 0.142 e. The molecule has 0 aliphatic rings. The van der Waals surface area contributed by atoms with Gasteiger partial charge in [0.25, 0.3) is 0 Å². The van der Waals surface area contributed by atoms with Gasteiger partial charge in [0.15, 0.2) is 0 Å². The number of halogens is 2. The normalized spacial score (nSPS) is 11.4. The van der Waals surface area contributed by atoms with Gasteiger partial charge in [-0.2, -0.15) is 0 Å². The molecule has 0 fully saturated rings. The van der Waals surface area contributed by atoms with Crippen LogP contribution in [-0.2, 0) is 0 Å². The van der Waals surface area contributed by atoms with Crippen molar-refractivity contribution in [1.29, 1.82) is 0 Å². The van der Waals surface area contributed by atoms with E-state index in [9.17, 15) is 9.50 Å². The summed E-state index contributed by atoms with van der Waals surface area (Å²) >= 11 is 5.74. The molecule has 0 aromatic heterocycles. The highest BCUT2D eigenvalue weighted by molar-refractivity contribution is 6.30. The quantitative estimate of drug-likeness (QED) is 0.726. The van der Waals surface area contributed by atoms with Crippen molar-refractivity contribution in [3.05, 3.63) is 52.3 Å². The van der Waals surface area contributed by atoms with E-state index < -0.39 is 5.82 Å². The van der Waals surface area contributed by atoms with Gasteiger partial charge in [0.1, 0.15) is 11.6 Å². The monoisotopic (exact) mass is 306 g/mol. The van der Waals surface area contributed by atoms with Crippen LogP contribution >= 0.6 is 11.6 Å². The van der Waals surface area contributed by atoms with Gasteiger partial charge in [0.05, 0.1) is 5.02 Å². The molecule has 2 aromatic rings. The molecule has 0 heterocycles. The van der Waals surface area contributed by atoms with Crippen molar-refractivity contribution in [2.45, 2.75) is 39.5 Å². The minimum absolute atomic E-state index is 0.105. The minimum Gasteiger partial charge on any atom is -0.507 e. The number of benzene rings is 2. The van der Waals surface area contributed by atoms with Crippen LogP contribution in [0.2, 0.25) is 5.02 Å². The van der Waals surface area contributed by atoms with E-state index in [4.69, 9.17) is 11.6 Å². The zero-order valence-corrected chi connectivity index (χ0v) is 13.5. The Morgan fingerprint density at radius 2 is 1.67 bits per heavy atom. The molecule has 21 heavy (non-hydrogen) atoms. The van der Waals surface area contributed by atoms with E-state index in [0.29, 0.717) is 5.75 Å². The molecule has 0 spiro atoms. The number of aromatic hydroxyl groups is 1. The van der Waals surface area contributed by atoms with Gasteiger partial charge < -0.3 is 5.11 Å². The third-order valence-corrected chi connectivity index (χ3v) is 3.98. The van der Waals surface area contributed by atoms with Gasteiger partial charge in [-0.1, -0.05) is 57.5 Å². The lowest BCUT2D eigenvalue weighted by Gasteiger charge is -2.19. The summed E-state index contributed by atoms with van der Waals surface area (Å²) in [6.45, 7) is 8.13. The smallest absolute Gasteiger partial charge is 0.142 e. The Morgan fingerprint density at radius 1 is 1.00 bits per heavy atom. The molecule has 0 bridgehead atoms. The number of phenolic OH excluding ortho intramolecular Hbond substituents is 1. The van der Waals surface area contributed by atoms with E-state index in [1.165, 1.54) is 6.07 Å². The Kier molecular flexibility index (Phi) is 4.58. The van der Waals surface area contributed by atoms with Gasteiger partial charge >= 0.3 is 0 Å². The zero-order valence-electron chi connectivity index (χ0n) is 12.7. The summed E-state index contributed by atoms with van der Waals surface area (Å²) in [7, 11) is 0. The van der Waals surface area contributed by atoms with Crippen molar-refractivity contribution in [1.82, 2.24) is 0 Å². The third kappa shape index (κ3) is 3.06. The van der Waals surface area contributed by atoms with Crippen LogP contribution in [0.4, 0.5) is 4.39 Å². The molecule has 0 aliphatic carbocycles. The van der Waals surface area contributed by atoms with E-state index in [0.717, 1.165) is 22.3 Å². The molecule has 2 rings (SSSR count). The summed E-state index contributed by atoms with van der Waals surface area (Å²) in [6.07, 6.45) is 0. The third-order valence-electron chi connectivity index (χ3n) is 3.68. The maximum atomic E-state index is 13.7. The van der Waals surface area contributed by atoms with E-state index in [2.05, 4.69) is 0 Å². The van der Waals surface area contributed by atoms with Crippen LogP contribution in [0.15, 0.2) is 30.3 Å². The summed E-state index contributed by atoms with van der Waals surface area (Å²) in [5.41, 5.74) is 3.34. The first-order valence-corrected chi connectivity index (χ1v) is 7.52. The molecular weight excluding hydrogens is 287 g/mol. The van der Waals surface area contributed by atoms with Crippen molar-refractivity contribution in [2.24, 2.45) is 0 Å². The average molecular weight is 307 g/mol. The fourth-order valence-corrected chi connectivity index (χ4v) is 2.71. The second-order valence-electron chi connectivity index (χ2n) is 5.90. The number of hydrogen-bond acceptors (Lipinski definition) is 1. The van der Waals surface area contributed by atoms with Crippen LogP contribution in [0, 0.1) is 5.82 Å². The van der Waals surface area contributed by atoms with Crippen molar-refractivity contribution >= 4 is 11.6 Å². The number of rotatable bonds is 3. The lowest BCUT2D eigenvalue weighted by molar-refractivity contribution is 0.455. The fraction of sp³-hybridized carbons (Fsp3) is 0.333. The average Bonchev–Trinajstić information content (AvgIpc) is 2.40. The molecular formula is C18H20ClFO. The Hall–Kier alpha value is -1.54. The van der Waals surface area contributed by atoms with Gasteiger partial charge in [-0.15, -0.1) is 0 Å². The van der Waals surface area contributed by atoms with Crippen LogP contribution in [-0.4, -0.2) is 5.11 Å². The standard InChI is InChI=1S/C18H20ClFO/c1-10(2)13-6-7-14(17(11(3)4)18(13)21)12-5-8-15(19)16(20)9-12/h5-11,21H,1-4H3. The Morgan fingerprint density at radius 3 is 2.19 bits per heavy atom. The lowest BCUT2D eigenvalue weighted by atomic mass is 9.87. The van der Waals surface area contributed by atoms with Crippen molar-refractivity contribution in [3.63, 3.8) is 0 Å². The first-order valence-electron chi connectivity index (χ1n) is 7.14. The summed E-state index contributed by atoms with van der Waals surface area (Å²) in [5, 5.41) is 10.7. The highest BCUT2D eigenvalue weighted by atomic mass is 35.5. The Labute approximate surface area is 130 Å². The van der Waals surface area contributed by atoms with Gasteiger partial charge in [-0.3, -0.25) is 0 Å². The first kappa shape index (κ1) is 15.8. The molecule has 0 aliphatic heterocycles. The van der Waals surface area contributed by atoms with E-state index in [1.807, 2.05) is 39.8 Å². The molecule has 1 N–H and O–H groups in total. The summed E-state index contributed by atoms with van der Waals surface area (Å²) in [6, 6.07) is 8.60. The maximum absolute atomic E-state index is 13.7. The summed E-state index contributed by atoms with van der Waals surface area (Å²) < 4.78 is 13.7. The molecule has 0 saturated heterocycles.